The average Bonchev–Trinajstić information content (AvgIpc) is 2.84. The topological polar surface area (TPSA) is 53.1 Å². The summed E-state index contributed by atoms with van der Waals surface area (Å²) in [6, 6.07) is 20.1. The van der Waals surface area contributed by atoms with E-state index in [1.807, 2.05) is 49.5 Å². The Labute approximate surface area is 195 Å². The smallest absolute Gasteiger partial charge is 0.236 e. The normalized spacial score (nSPS) is 14.3. The summed E-state index contributed by atoms with van der Waals surface area (Å²) in [5, 5.41) is 2.27. The third-order valence-electron chi connectivity index (χ3n) is 6.33. The van der Waals surface area contributed by atoms with Crippen LogP contribution >= 0.6 is 0 Å². The second-order valence-electron chi connectivity index (χ2n) is 8.66. The van der Waals surface area contributed by atoms with Gasteiger partial charge in [0.2, 0.25) is 5.91 Å². The number of nitrogens with zero attached hydrogens (tertiary/aromatic N) is 3. The molecule has 0 atom stereocenters. The van der Waals surface area contributed by atoms with Gasteiger partial charge >= 0.3 is 0 Å². The van der Waals surface area contributed by atoms with Gasteiger partial charge in [-0.15, -0.1) is 0 Å². The summed E-state index contributed by atoms with van der Waals surface area (Å²) in [4.78, 5) is 30.6. The minimum Gasteiger partial charge on any atom is -0.497 e. The van der Waals surface area contributed by atoms with Crippen molar-refractivity contribution < 1.29 is 14.3 Å². The summed E-state index contributed by atoms with van der Waals surface area (Å²) in [6.45, 7) is 6.01. The molecule has 0 radical (unpaired) electrons. The van der Waals surface area contributed by atoms with E-state index in [0.29, 0.717) is 13.1 Å². The average molecular weight is 446 g/mol. The Bertz CT molecular complexity index is 1140. The number of ketones is 1. The van der Waals surface area contributed by atoms with Crippen LogP contribution in [0.3, 0.4) is 0 Å². The molecule has 4 rings (SSSR count). The van der Waals surface area contributed by atoms with Crippen LogP contribution in [0.1, 0.15) is 22.8 Å². The summed E-state index contributed by atoms with van der Waals surface area (Å²) >= 11 is 0. The maximum Gasteiger partial charge on any atom is 0.236 e. The molecule has 0 aromatic heterocycles. The molecule has 6 nitrogen and oxygen atoms in total. The van der Waals surface area contributed by atoms with Crippen LogP contribution in [0.4, 0.5) is 5.69 Å². The minimum atomic E-state index is 0.0814. The van der Waals surface area contributed by atoms with Gasteiger partial charge in [0.25, 0.3) is 0 Å². The van der Waals surface area contributed by atoms with Gasteiger partial charge in [-0.05, 0) is 65.7 Å². The number of piperazine rings is 1. The van der Waals surface area contributed by atoms with Gasteiger partial charge < -0.3 is 14.5 Å². The first-order chi connectivity index (χ1) is 15.9. The van der Waals surface area contributed by atoms with E-state index in [9.17, 15) is 9.59 Å². The fourth-order valence-electron chi connectivity index (χ4n) is 4.24. The number of hydrogen-bond acceptors (Lipinski definition) is 5. The zero-order valence-electron chi connectivity index (χ0n) is 19.6. The predicted octanol–water partition coefficient (Wildman–Crippen LogP) is 3.83. The van der Waals surface area contributed by atoms with Gasteiger partial charge in [0, 0.05) is 51.0 Å². The predicted molar refractivity (Wildman–Crippen MR) is 132 cm³/mol. The van der Waals surface area contributed by atoms with Gasteiger partial charge in [-0.2, -0.15) is 0 Å². The third kappa shape index (κ3) is 5.52. The molecule has 172 valence electrons. The highest BCUT2D eigenvalue weighted by atomic mass is 16.5. The molecule has 1 aliphatic heterocycles. The summed E-state index contributed by atoms with van der Waals surface area (Å²) in [7, 11) is 3.54. The van der Waals surface area contributed by atoms with Crippen LogP contribution in [0.15, 0.2) is 60.7 Å². The van der Waals surface area contributed by atoms with Gasteiger partial charge in [-0.3, -0.25) is 14.5 Å². The van der Waals surface area contributed by atoms with Crippen molar-refractivity contribution in [3.8, 4) is 5.75 Å². The van der Waals surface area contributed by atoms with Gasteiger partial charge in [0.05, 0.1) is 13.7 Å². The highest BCUT2D eigenvalue weighted by Gasteiger charge is 2.21. The van der Waals surface area contributed by atoms with E-state index >= 15 is 0 Å². The number of Topliss-reactive ketones (excluding diaryl/α,β-unsaturated/α-hetero) is 1. The third-order valence-corrected chi connectivity index (χ3v) is 6.33. The minimum absolute atomic E-state index is 0.0814. The highest BCUT2D eigenvalue weighted by molar-refractivity contribution is 5.94. The molecule has 0 unspecified atom stereocenters. The Hall–Kier alpha value is -3.38. The number of carbonyl (C=O) groups excluding carboxylic acids is 2. The number of benzene rings is 3. The van der Waals surface area contributed by atoms with Gasteiger partial charge in [0.1, 0.15) is 5.75 Å². The number of methoxy groups -OCH3 is 1. The number of hydrogen-bond donors (Lipinski definition) is 0. The van der Waals surface area contributed by atoms with Crippen LogP contribution < -0.4 is 9.64 Å². The van der Waals surface area contributed by atoms with E-state index in [1.165, 1.54) is 0 Å². The molecular formula is C27H31N3O3. The number of carbonyl (C=O) groups is 2. The molecule has 1 saturated heterocycles. The molecule has 1 fully saturated rings. The highest BCUT2D eigenvalue weighted by Crippen LogP contribution is 2.22. The molecule has 1 aliphatic rings. The lowest BCUT2D eigenvalue weighted by molar-refractivity contribution is -0.131. The number of fused-ring (bicyclic) bond motifs is 1. The van der Waals surface area contributed by atoms with Crippen molar-refractivity contribution in [3.05, 3.63) is 71.8 Å². The van der Waals surface area contributed by atoms with Crippen molar-refractivity contribution in [2.45, 2.75) is 13.5 Å². The molecule has 0 spiro atoms. The molecule has 0 aliphatic carbocycles. The number of likely N-dealkylation sites (N-methyl/N-ethyl adjacent to an activating group) is 1. The van der Waals surface area contributed by atoms with Crippen LogP contribution in [0.2, 0.25) is 0 Å². The van der Waals surface area contributed by atoms with Crippen LogP contribution in [0.5, 0.6) is 5.75 Å². The van der Waals surface area contributed by atoms with E-state index in [-0.39, 0.29) is 11.7 Å². The quantitative estimate of drug-likeness (QED) is 0.518. The number of rotatable bonds is 7. The van der Waals surface area contributed by atoms with E-state index in [4.69, 9.17) is 4.74 Å². The van der Waals surface area contributed by atoms with Crippen LogP contribution in [-0.4, -0.2) is 68.4 Å². The van der Waals surface area contributed by atoms with Crippen molar-refractivity contribution in [3.63, 3.8) is 0 Å². The summed E-state index contributed by atoms with van der Waals surface area (Å²) in [5.41, 5.74) is 2.97. The lowest BCUT2D eigenvalue weighted by Crippen LogP contribution is -2.49. The molecule has 3 aromatic rings. The zero-order valence-corrected chi connectivity index (χ0v) is 19.6. The number of amides is 1. The zero-order chi connectivity index (χ0) is 23.4. The summed E-state index contributed by atoms with van der Waals surface area (Å²) in [6.07, 6.45) is 0. The standard InChI is InChI=1S/C27H31N3O3/c1-20(31)22-6-9-25(10-7-22)30-14-12-29(13-15-30)19-27(32)28(2)18-21-4-5-24-17-26(33-3)11-8-23(24)16-21/h4-11,16-17H,12-15,18-19H2,1-3H3. The molecule has 0 N–H and O–H groups in total. The van der Waals surface area contributed by atoms with Crippen LogP contribution in [0.25, 0.3) is 10.8 Å². The lowest BCUT2D eigenvalue weighted by Gasteiger charge is -2.36. The first kappa shape index (κ1) is 22.8. The SMILES string of the molecule is COc1ccc2cc(CN(C)C(=O)CN3CCN(c4ccc(C(C)=O)cc4)CC3)ccc2c1. The Kier molecular flexibility index (Phi) is 6.94. The largest absolute Gasteiger partial charge is 0.497 e. The first-order valence-corrected chi connectivity index (χ1v) is 11.3. The van der Waals surface area contributed by atoms with Gasteiger partial charge in [-0.25, -0.2) is 0 Å². The maximum atomic E-state index is 12.8. The lowest BCUT2D eigenvalue weighted by atomic mass is 10.1. The second-order valence-corrected chi connectivity index (χ2v) is 8.66. The van der Waals surface area contributed by atoms with Crippen molar-refractivity contribution >= 4 is 28.2 Å². The van der Waals surface area contributed by atoms with Crippen LogP contribution in [-0.2, 0) is 11.3 Å². The van der Waals surface area contributed by atoms with Crippen molar-refractivity contribution in [2.24, 2.45) is 0 Å². The fourth-order valence-corrected chi connectivity index (χ4v) is 4.24. The Balaban J connectivity index is 1.28. The van der Waals surface area contributed by atoms with E-state index in [1.54, 1.807) is 18.9 Å². The molecular weight excluding hydrogens is 414 g/mol. The number of ether oxygens (including phenoxy) is 1. The summed E-state index contributed by atoms with van der Waals surface area (Å²) in [5.74, 6) is 1.05. The van der Waals surface area contributed by atoms with E-state index in [0.717, 1.165) is 59.5 Å². The molecule has 0 bridgehead atoms. The van der Waals surface area contributed by atoms with Crippen molar-refractivity contribution in [1.29, 1.82) is 0 Å². The van der Waals surface area contributed by atoms with Crippen molar-refractivity contribution in [2.75, 3.05) is 51.8 Å². The summed E-state index contributed by atoms with van der Waals surface area (Å²) < 4.78 is 5.29. The monoisotopic (exact) mass is 445 g/mol. The molecule has 33 heavy (non-hydrogen) atoms. The molecule has 6 heteroatoms. The first-order valence-electron chi connectivity index (χ1n) is 11.3. The Morgan fingerprint density at radius 2 is 1.58 bits per heavy atom. The molecule has 3 aromatic carbocycles. The van der Waals surface area contributed by atoms with E-state index < -0.39 is 0 Å². The number of anilines is 1. The van der Waals surface area contributed by atoms with Gasteiger partial charge in [0.15, 0.2) is 5.78 Å². The molecule has 0 saturated carbocycles. The van der Waals surface area contributed by atoms with Crippen molar-refractivity contribution in [1.82, 2.24) is 9.80 Å². The van der Waals surface area contributed by atoms with Crippen LogP contribution in [0, 0.1) is 0 Å². The Morgan fingerprint density at radius 3 is 2.24 bits per heavy atom. The molecule has 1 amide bonds. The maximum absolute atomic E-state index is 12.8. The Morgan fingerprint density at radius 1 is 0.909 bits per heavy atom. The van der Waals surface area contributed by atoms with E-state index in [2.05, 4.69) is 28.0 Å². The second kappa shape index (κ2) is 10.0. The molecule has 1 heterocycles. The fraction of sp³-hybridized carbons (Fsp3) is 0.333. The van der Waals surface area contributed by atoms with Gasteiger partial charge in [-0.1, -0.05) is 18.2 Å².